The summed E-state index contributed by atoms with van der Waals surface area (Å²) in [5.41, 5.74) is 0.952. The molecule has 1 aliphatic carbocycles. The highest BCUT2D eigenvalue weighted by Gasteiger charge is 2.27. The van der Waals surface area contributed by atoms with Crippen molar-refractivity contribution in [2.24, 2.45) is 5.92 Å². The molecule has 7 nitrogen and oxygen atoms in total. The first-order valence-corrected chi connectivity index (χ1v) is 11.8. The molecular weight excluding hydrogens is 416 g/mol. The van der Waals surface area contributed by atoms with Gasteiger partial charge in [-0.3, -0.25) is 4.79 Å². The van der Waals surface area contributed by atoms with Gasteiger partial charge >= 0.3 is 0 Å². The highest BCUT2D eigenvalue weighted by Crippen LogP contribution is 2.28. The van der Waals surface area contributed by atoms with Crippen LogP contribution < -0.4 is 20.9 Å². The van der Waals surface area contributed by atoms with Crippen LogP contribution in [0.4, 0.5) is 11.8 Å². The molecule has 9 heteroatoms. The van der Waals surface area contributed by atoms with Crippen molar-refractivity contribution in [3.05, 3.63) is 24.3 Å². The maximum Gasteiger partial charge on any atom is 0.243 e. The fourth-order valence-electron chi connectivity index (χ4n) is 4.05. The summed E-state index contributed by atoms with van der Waals surface area (Å²) in [5.74, 6) is 2.92. The van der Waals surface area contributed by atoms with Crippen molar-refractivity contribution in [3.8, 4) is 0 Å². The Labute approximate surface area is 186 Å². The number of aromatic nitrogens is 2. The number of anilines is 2. The van der Waals surface area contributed by atoms with Crippen molar-refractivity contribution >= 4 is 56.9 Å². The third kappa shape index (κ3) is 4.95. The Morgan fingerprint density at radius 3 is 2.70 bits per heavy atom. The zero-order valence-electron chi connectivity index (χ0n) is 17.4. The number of fused-ring (bicyclic) bond motifs is 1. The molecule has 0 bridgehead atoms. The topological polar surface area (TPSA) is 82.2 Å². The van der Waals surface area contributed by atoms with Gasteiger partial charge in [0.1, 0.15) is 16.2 Å². The number of hydrogen-bond acceptors (Lipinski definition) is 7. The second kappa shape index (κ2) is 9.34. The van der Waals surface area contributed by atoms with Crippen molar-refractivity contribution in [2.45, 2.75) is 37.8 Å². The summed E-state index contributed by atoms with van der Waals surface area (Å²) < 4.78 is 0.718. The third-order valence-corrected chi connectivity index (χ3v) is 7.09. The number of carbonyl (C=O) groups excluding carboxylic acids is 1. The van der Waals surface area contributed by atoms with Crippen LogP contribution in [-0.2, 0) is 4.79 Å². The molecule has 160 valence electrons. The van der Waals surface area contributed by atoms with E-state index in [-0.39, 0.29) is 11.9 Å². The summed E-state index contributed by atoms with van der Waals surface area (Å²) in [7, 11) is 4.01. The van der Waals surface area contributed by atoms with Crippen LogP contribution >= 0.6 is 24.0 Å². The Morgan fingerprint density at radius 1 is 1.23 bits per heavy atom. The Kier molecular flexibility index (Phi) is 6.58. The number of benzene rings is 1. The van der Waals surface area contributed by atoms with Gasteiger partial charge in [-0.2, -0.15) is 4.98 Å². The quantitative estimate of drug-likeness (QED) is 0.587. The van der Waals surface area contributed by atoms with E-state index in [0.29, 0.717) is 17.9 Å². The molecule has 30 heavy (non-hydrogen) atoms. The molecular formula is C21H28N6OS2. The van der Waals surface area contributed by atoms with Crippen molar-refractivity contribution in [3.63, 3.8) is 0 Å². The first-order chi connectivity index (χ1) is 14.5. The number of nitrogens with zero attached hydrogens (tertiary/aromatic N) is 3. The molecule has 1 aromatic heterocycles. The first kappa shape index (κ1) is 21.1. The molecule has 2 heterocycles. The van der Waals surface area contributed by atoms with Crippen molar-refractivity contribution < 1.29 is 4.79 Å². The molecule has 2 aromatic rings. The summed E-state index contributed by atoms with van der Waals surface area (Å²) >= 11 is 6.63. The van der Waals surface area contributed by atoms with Crippen molar-refractivity contribution in [2.75, 3.05) is 36.6 Å². The molecule has 1 amide bonds. The van der Waals surface area contributed by atoms with E-state index in [1.54, 1.807) is 0 Å². The van der Waals surface area contributed by atoms with Gasteiger partial charge in [-0.15, -0.1) is 0 Å². The lowest BCUT2D eigenvalue weighted by Crippen LogP contribution is -2.44. The van der Waals surface area contributed by atoms with Gasteiger partial charge in [-0.05, 0) is 43.7 Å². The predicted octanol–water partition coefficient (Wildman–Crippen LogP) is 2.77. The molecule has 3 N–H and O–H groups in total. The normalized spacial score (nSPS) is 23.8. The number of rotatable bonds is 6. The van der Waals surface area contributed by atoms with Crippen LogP contribution in [0.2, 0.25) is 0 Å². The molecule has 2 aliphatic rings. The number of amides is 1. The average molecular weight is 445 g/mol. The highest BCUT2D eigenvalue weighted by molar-refractivity contribution is 8.23. The highest BCUT2D eigenvalue weighted by atomic mass is 32.2. The van der Waals surface area contributed by atoms with Crippen LogP contribution in [0, 0.1) is 5.92 Å². The summed E-state index contributed by atoms with van der Waals surface area (Å²) in [6.45, 7) is 0.735. The number of hydrogen-bond donors (Lipinski definition) is 3. The number of thiocarbonyl (C=S) groups is 1. The predicted molar refractivity (Wildman–Crippen MR) is 128 cm³/mol. The zero-order chi connectivity index (χ0) is 21.1. The molecule has 2 fully saturated rings. The van der Waals surface area contributed by atoms with E-state index in [9.17, 15) is 4.79 Å². The molecule has 0 spiro atoms. The van der Waals surface area contributed by atoms with Gasteiger partial charge in [-0.1, -0.05) is 36.1 Å². The monoisotopic (exact) mass is 444 g/mol. The minimum Gasteiger partial charge on any atom is -0.362 e. The third-order valence-electron chi connectivity index (χ3n) is 5.74. The van der Waals surface area contributed by atoms with Crippen LogP contribution in [0.1, 0.15) is 25.7 Å². The average Bonchev–Trinajstić information content (AvgIpc) is 3.19. The number of para-hydroxylation sites is 1. The number of thioether (sulfide) groups is 1. The maximum atomic E-state index is 12.3. The van der Waals surface area contributed by atoms with Crippen LogP contribution in [-0.4, -0.2) is 58.7 Å². The minimum atomic E-state index is -0.184. The van der Waals surface area contributed by atoms with E-state index in [4.69, 9.17) is 22.2 Å². The Bertz CT molecular complexity index is 929. The molecule has 0 radical (unpaired) electrons. The SMILES string of the molecule is CN(C)c1nc(NC2CCC(CNC(=O)C3CSC(=S)N3)CC2)nc2ccccc12. The van der Waals surface area contributed by atoms with Crippen LogP contribution in [0.15, 0.2) is 24.3 Å². The van der Waals surface area contributed by atoms with Crippen molar-refractivity contribution in [1.82, 2.24) is 20.6 Å². The van der Waals surface area contributed by atoms with Crippen molar-refractivity contribution in [1.29, 1.82) is 0 Å². The van der Waals surface area contributed by atoms with Gasteiger partial charge in [0.25, 0.3) is 0 Å². The second-order valence-electron chi connectivity index (χ2n) is 8.18. The van der Waals surface area contributed by atoms with Gasteiger partial charge in [0.2, 0.25) is 11.9 Å². The molecule has 4 rings (SSSR count). The summed E-state index contributed by atoms with van der Waals surface area (Å²) in [4.78, 5) is 23.7. The first-order valence-electron chi connectivity index (χ1n) is 10.4. The molecule has 1 aromatic carbocycles. The Balaban J connectivity index is 1.30. The van der Waals surface area contributed by atoms with Gasteiger partial charge in [0, 0.05) is 37.8 Å². The lowest BCUT2D eigenvalue weighted by molar-refractivity contribution is -0.122. The van der Waals surface area contributed by atoms with E-state index < -0.39 is 0 Å². The summed E-state index contributed by atoms with van der Waals surface area (Å²) in [5, 5.41) is 10.7. The molecule has 1 saturated carbocycles. The Hall–Kier alpha value is -2.13. The molecule has 1 saturated heterocycles. The largest absolute Gasteiger partial charge is 0.362 e. The van der Waals surface area contributed by atoms with E-state index in [2.05, 4.69) is 22.0 Å². The fourth-order valence-corrected chi connectivity index (χ4v) is 5.18. The Morgan fingerprint density at radius 2 is 2.00 bits per heavy atom. The minimum absolute atomic E-state index is 0.0587. The van der Waals surface area contributed by atoms with Gasteiger partial charge in [-0.25, -0.2) is 4.98 Å². The summed E-state index contributed by atoms with van der Waals surface area (Å²) in [6.07, 6.45) is 4.26. The standard InChI is InChI=1S/C21H28N6OS2/c1-27(2)18-15-5-3-4-6-16(15)24-20(26-18)23-14-9-7-13(8-10-14)11-22-19(28)17-12-30-21(29)25-17/h3-6,13-14,17H,7-12H2,1-2H3,(H,22,28)(H,25,29)(H,23,24,26). The lowest BCUT2D eigenvalue weighted by atomic mass is 9.86. The van der Waals surface area contributed by atoms with E-state index >= 15 is 0 Å². The van der Waals surface area contributed by atoms with Gasteiger partial charge in [0.05, 0.1) is 5.52 Å². The zero-order valence-corrected chi connectivity index (χ0v) is 19.0. The number of carbonyl (C=O) groups is 1. The number of nitrogens with one attached hydrogen (secondary N) is 3. The summed E-state index contributed by atoms with van der Waals surface area (Å²) in [6, 6.07) is 8.28. The van der Waals surface area contributed by atoms with Gasteiger partial charge in [0.15, 0.2) is 0 Å². The van der Waals surface area contributed by atoms with E-state index in [1.165, 1.54) is 11.8 Å². The van der Waals surface area contributed by atoms with Gasteiger partial charge < -0.3 is 20.9 Å². The van der Waals surface area contributed by atoms with Crippen LogP contribution in [0.3, 0.4) is 0 Å². The molecule has 1 atom stereocenters. The fraction of sp³-hybridized carbons (Fsp3) is 0.524. The van der Waals surface area contributed by atoms with Crippen LogP contribution in [0.25, 0.3) is 10.9 Å². The smallest absolute Gasteiger partial charge is 0.243 e. The van der Waals surface area contributed by atoms with Crippen LogP contribution in [0.5, 0.6) is 0 Å². The maximum absolute atomic E-state index is 12.3. The van der Waals surface area contributed by atoms with E-state index in [0.717, 1.165) is 59.0 Å². The molecule has 1 aliphatic heterocycles. The van der Waals surface area contributed by atoms with E-state index in [1.807, 2.05) is 37.2 Å². The lowest BCUT2D eigenvalue weighted by Gasteiger charge is -2.29. The molecule has 1 unspecified atom stereocenters. The second-order valence-corrected chi connectivity index (χ2v) is 9.88.